The van der Waals surface area contributed by atoms with Crippen molar-refractivity contribution in [1.29, 1.82) is 0 Å². The molecular weight excluding hydrogens is 146 g/mol. The van der Waals surface area contributed by atoms with Crippen molar-refractivity contribution in [3.05, 3.63) is 0 Å². The summed E-state index contributed by atoms with van der Waals surface area (Å²) in [4.78, 5) is 1.47. The van der Waals surface area contributed by atoms with E-state index in [-0.39, 0.29) is 0 Å². The van der Waals surface area contributed by atoms with Crippen LogP contribution in [-0.2, 0) is 0 Å². The molecule has 10 heavy (non-hydrogen) atoms. The summed E-state index contributed by atoms with van der Waals surface area (Å²) in [6, 6.07) is 0. The first-order chi connectivity index (χ1) is 4.63. The third-order valence-electron chi connectivity index (χ3n) is 1.09. The molecule has 0 atom stereocenters. The van der Waals surface area contributed by atoms with Gasteiger partial charge >= 0.3 is 0 Å². The summed E-state index contributed by atoms with van der Waals surface area (Å²) in [7, 11) is 4.28. The van der Waals surface area contributed by atoms with E-state index >= 15 is 0 Å². The molecule has 0 aromatic heterocycles. The van der Waals surface area contributed by atoms with Crippen LogP contribution in [-0.4, -0.2) is 31.6 Å². The smallest absolute Gasteiger partial charge is 0.299 e. The Labute approximate surface area is 66.5 Å². The minimum absolute atomic E-state index is 0.480. The van der Waals surface area contributed by atoms with Crippen molar-refractivity contribution in [1.82, 2.24) is 0 Å². The maximum Gasteiger partial charge on any atom is 0.299 e. The van der Waals surface area contributed by atoms with E-state index in [1.165, 1.54) is 29.6 Å². The number of amidine groups is 1. The molecule has 0 saturated carbocycles. The van der Waals surface area contributed by atoms with Crippen LogP contribution in [0, 0.1) is 0 Å². The summed E-state index contributed by atoms with van der Waals surface area (Å²) in [6.07, 6.45) is 1.17. The van der Waals surface area contributed by atoms with Crippen molar-refractivity contribution in [2.75, 3.05) is 26.4 Å². The van der Waals surface area contributed by atoms with Gasteiger partial charge in [-0.2, -0.15) is 0 Å². The van der Waals surface area contributed by atoms with Crippen molar-refractivity contribution in [2.24, 2.45) is 5.73 Å². The highest BCUT2D eigenvalue weighted by Crippen LogP contribution is 1.95. The lowest BCUT2D eigenvalue weighted by molar-refractivity contribution is -0.858. The average molecular weight is 163 g/mol. The second-order valence-corrected chi connectivity index (χ2v) is 3.73. The summed E-state index contributed by atoms with van der Waals surface area (Å²) in [5, 5.41) is 5.74. The first-order valence-electron chi connectivity index (χ1n) is 3.42. The zero-order valence-electron chi connectivity index (χ0n) is 6.68. The number of nitrogens with two attached hydrogens (primary N) is 2. The molecule has 4 heteroatoms. The fraction of sp³-hybridized carbons (Fsp3) is 0.833. The number of quaternary nitrogens is 1. The standard InChI is InChI=1S/C6H15N3S/c1-9(2)4-3-5-10-6(7)8/h3-5H2,1-2H3,(H3,7,8)/p+2. The molecule has 0 aliphatic carbocycles. The Kier molecular flexibility index (Phi) is 5.43. The van der Waals surface area contributed by atoms with Gasteiger partial charge in [0.25, 0.3) is 5.17 Å². The molecule has 0 aliphatic rings. The van der Waals surface area contributed by atoms with Crippen LogP contribution in [0.4, 0.5) is 0 Å². The van der Waals surface area contributed by atoms with Gasteiger partial charge in [0.2, 0.25) is 0 Å². The molecule has 0 aromatic carbocycles. The molecule has 0 spiro atoms. The third kappa shape index (κ3) is 7.78. The Hall–Kier alpha value is -0.220. The van der Waals surface area contributed by atoms with Crippen LogP contribution in [0.15, 0.2) is 0 Å². The topological polar surface area (TPSA) is 56.0 Å². The van der Waals surface area contributed by atoms with E-state index in [0.717, 1.165) is 5.75 Å². The molecule has 0 heterocycles. The Morgan fingerprint density at radius 1 is 1.60 bits per heavy atom. The lowest BCUT2D eigenvalue weighted by Crippen LogP contribution is -3.05. The van der Waals surface area contributed by atoms with Crippen LogP contribution >= 0.6 is 11.8 Å². The van der Waals surface area contributed by atoms with E-state index in [4.69, 9.17) is 11.1 Å². The molecule has 0 bridgehead atoms. The van der Waals surface area contributed by atoms with Gasteiger partial charge in [-0.05, 0) is 11.8 Å². The lowest BCUT2D eigenvalue weighted by Gasteiger charge is -2.04. The van der Waals surface area contributed by atoms with Crippen LogP contribution in [0.2, 0.25) is 0 Å². The van der Waals surface area contributed by atoms with E-state index in [1.54, 1.807) is 0 Å². The Morgan fingerprint density at radius 2 is 2.20 bits per heavy atom. The first-order valence-corrected chi connectivity index (χ1v) is 4.41. The zero-order valence-corrected chi connectivity index (χ0v) is 7.50. The molecule has 0 amide bonds. The van der Waals surface area contributed by atoms with Gasteiger partial charge in [-0.1, -0.05) is 0 Å². The largest absolute Gasteiger partial charge is 0.340 e. The average Bonchev–Trinajstić information content (AvgIpc) is 1.79. The highest BCUT2D eigenvalue weighted by Gasteiger charge is 1.97. The van der Waals surface area contributed by atoms with Crippen LogP contribution in [0.3, 0.4) is 0 Å². The SMILES string of the molecule is C[NH+](C)CCCSC(N)=[NH2+]. The maximum absolute atomic E-state index is 5.26. The van der Waals surface area contributed by atoms with Crippen molar-refractivity contribution in [3.63, 3.8) is 0 Å². The van der Waals surface area contributed by atoms with Gasteiger partial charge < -0.3 is 4.90 Å². The molecule has 5 N–H and O–H groups in total. The van der Waals surface area contributed by atoms with Crippen LogP contribution in [0.5, 0.6) is 0 Å². The molecular formula is C6H17N3S+2. The van der Waals surface area contributed by atoms with E-state index < -0.39 is 0 Å². The minimum Gasteiger partial charge on any atom is -0.340 e. The Morgan fingerprint density at radius 3 is 2.60 bits per heavy atom. The third-order valence-corrected chi connectivity index (χ3v) is 1.92. The monoisotopic (exact) mass is 163 g/mol. The van der Waals surface area contributed by atoms with Gasteiger partial charge in [0.05, 0.1) is 20.6 Å². The highest BCUT2D eigenvalue weighted by atomic mass is 32.2. The van der Waals surface area contributed by atoms with Gasteiger partial charge in [0.1, 0.15) is 0 Å². The van der Waals surface area contributed by atoms with Crippen molar-refractivity contribution >= 4 is 16.9 Å². The lowest BCUT2D eigenvalue weighted by atomic mass is 10.5. The molecule has 0 aliphatic heterocycles. The molecule has 0 radical (unpaired) electrons. The van der Waals surface area contributed by atoms with Crippen LogP contribution in [0.1, 0.15) is 6.42 Å². The number of hydrogen-bond donors (Lipinski definition) is 3. The van der Waals surface area contributed by atoms with E-state index in [1.807, 2.05) is 0 Å². The first kappa shape index (κ1) is 9.78. The van der Waals surface area contributed by atoms with Gasteiger partial charge in [-0.15, -0.1) is 0 Å². The molecule has 3 nitrogen and oxygen atoms in total. The Balaban J connectivity index is 2.98. The van der Waals surface area contributed by atoms with Gasteiger partial charge in [0, 0.05) is 12.2 Å². The van der Waals surface area contributed by atoms with Crippen LogP contribution in [0.25, 0.3) is 0 Å². The molecule has 0 aromatic rings. The second kappa shape index (κ2) is 5.56. The summed E-state index contributed by atoms with van der Waals surface area (Å²) in [5.74, 6) is 1.04. The van der Waals surface area contributed by atoms with Gasteiger partial charge in [-0.3, -0.25) is 11.1 Å². The van der Waals surface area contributed by atoms with Gasteiger partial charge in [-0.25, -0.2) is 0 Å². The Bertz CT molecular complexity index is 103. The van der Waals surface area contributed by atoms with E-state index in [9.17, 15) is 0 Å². The molecule has 0 saturated heterocycles. The van der Waals surface area contributed by atoms with Crippen molar-refractivity contribution in [2.45, 2.75) is 6.42 Å². The van der Waals surface area contributed by atoms with Gasteiger partial charge in [0.15, 0.2) is 0 Å². The number of hydrogen-bond acceptors (Lipinski definition) is 1. The molecule has 60 valence electrons. The minimum atomic E-state index is 0.480. The summed E-state index contributed by atoms with van der Waals surface area (Å²) < 4.78 is 0. The summed E-state index contributed by atoms with van der Waals surface area (Å²) in [6.45, 7) is 1.18. The number of rotatable bonds is 4. The van der Waals surface area contributed by atoms with Crippen LogP contribution < -0.4 is 16.0 Å². The second-order valence-electron chi connectivity index (χ2n) is 2.56. The summed E-state index contributed by atoms with van der Waals surface area (Å²) in [5.41, 5.74) is 5.26. The maximum atomic E-state index is 5.26. The quantitative estimate of drug-likeness (QED) is 0.240. The normalized spacial score (nSPS) is 10.3. The summed E-state index contributed by atoms with van der Waals surface area (Å²) >= 11 is 1.53. The van der Waals surface area contributed by atoms with E-state index in [2.05, 4.69) is 14.1 Å². The zero-order chi connectivity index (χ0) is 7.98. The molecule has 0 rings (SSSR count). The number of nitrogens with one attached hydrogen (secondary N) is 1. The fourth-order valence-electron chi connectivity index (χ4n) is 0.616. The predicted octanol–water partition coefficient (Wildman–Crippen LogP) is -2.67. The molecule has 0 fully saturated rings. The highest BCUT2D eigenvalue weighted by molar-refractivity contribution is 8.13. The predicted molar refractivity (Wildman–Crippen MR) is 45.9 cm³/mol. The van der Waals surface area contributed by atoms with Crippen molar-refractivity contribution in [3.8, 4) is 0 Å². The molecule has 0 unspecified atom stereocenters. The fourth-order valence-corrected chi connectivity index (χ4v) is 1.14. The van der Waals surface area contributed by atoms with E-state index in [0.29, 0.717) is 5.17 Å². The van der Waals surface area contributed by atoms with Crippen molar-refractivity contribution < 1.29 is 10.3 Å². The number of thioether (sulfide) groups is 1.